The third-order valence-corrected chi connectivity index (χ3v) is 4.53. The molecule has 1 aliphatic heterocycles. The van der Waals surface area contributed by atoms with E-state index < -0.39 is 0 Å². The third-order valence-electron chi connectivity index (χ3n) is 4.53. The van der Waals surface area contributed by atoms with Gasteiger partial charge in [-0.05, 0) is 38.0 Å². The molecular formula is C15H25NO3. The van der Waals surface area contributed by atoms with Gasteiger partial charge in [0.1, 0.15) is 0 Å². The lowest BCUT2D eigenvalue weighted by Crippen LogP contribution is -2.44. The molecule has 0 aromatic heterocycles. The van der Waals surface area contributed by atoms with Gasteiger partial charge in [-0.3, -0.25) is 9.59 Å². The fourth-order valence-electron chi connectivity index (χ4n) is 3.44. The molecule has 19 heavy (non-hydrogen) atoms. The van der Waals surface area contributed by atoms with Crippen molar-refractivity contribution < 1.29 is 14.3 Å². The summed E-state index contributed by atoms with van der Waals surface area (Å²) in [7, 11) is 1.43. The molecule has 1 aliphatic carbocycles. The highest BCUT2D eigenvalue weighted by Crippen LogP contribution is 2.32. The summed E-state index contributed by atoms with van der Waals surface area (Å²) in [5, 5.41) is 0. The first-order chi connectivity index (χ1) is 9.11. The number of piperidine rings is 1. The second kappa shape index (κ2) is 6.40. The molecular weight excluding hydrogens is 242 g/mol. The van der Waals surface area contributed by atoms with Gasteiger partial charge in [-0.2, -0.15) is 0 Å². The van der Waals surface area contributed by atoms with E-state index >= 15 is 0 Å². The molecule has 0 spiro atoms. The van der Waals surface area contributed by atoms with Crippen molar-refractivity contribution in [3.05, 3.63) is 0 Å². The van der Waals surface area contributed by atoms with Crippen LogP contribution in [0.2, 0.25) is 0 Å². The Morgan fingerprint density at radius 1 is 1.11 bits per heavy atom. The van der Waals surface area contributed by atoms with Crippen molar-refractivity contribution >= 4 is 11.9 Å². The molecule has 3 unspecified atom stereocenters. The Kier molecular flexibility index (Phi) is 4.83. The number of carbonyl (C=O) groups is 2. The first kappa shape index (κ1) is 14.4. The summed E-state index contributed by atoms with van der Waals surface area (Å²) in [6, 6.07) is 0. The highest BCUT2D eigenvalue weighted by atomic mass is 16.5. The van der Waals surface area contributed by atoms with Crippen molar-refractivity contribution in [2.45, 2.75) is 45.4 Å². The predicted octanol–water partition coefficient (Wildman–Crippen LogP) is 2.22. The van der Waals surface area contributed by atoms with E-state index in [4.69, 9.17) is 4.74 Å². The van der Waals surface area contributed by atoms with Crippen LogP contribution >= 0.6 is 0 Å². The lowest BCUT2D eigenvalue weighted by molar-refractivity contribution is -0.149. The highest BCUT2D eigenvalue weighted by Gasteiger charge is 2.34. The predicted molar refractivity (Wildman–Crippen MR) is 72.4 cm³/mol. The van der Waals surface area contributed by atoms with Gasteiger partial charge in [-0.15, -0.1) is 0 Å². The Morgan fingerprint density at radius 3 is 2.53 bits per heavy atom. The molecule has 0 radical (unpaired) electrons. The third kappa shape index (κ3) is 3.48. The Hall–Kier alpha value is -1.06. The van der Waals surface area contributed by atoms with Crippen LogP contribution in [-0.2, 0) is 14.3 Å². The van der Waals surface area contributed by atoms with Crippen molar-refractivity contribution in [3.8, 4) is 0 Å². The minimum absolute atomic E-state index is 0.0307. The van der Waals surface area contributed by atoms with Gasteiger partial charge < -0.3 is 9.64 Å². The van der Waals surface area contributed by atoms with Crippen LogP contribution in [0.4, 0.5) is 0 Å². The Labute approximate surface area is 115 Å². The largest absolute Gasteiger partial charge is 0.469 e. The molecule has 1 amide bonds. The molecule has 2 aliphatic rings. The van der Waals surface area contributed by atoms with E-state index in [-0.39, 0.29) is 23.7 Å². The molecule has 4 nitrogen and oxygen atoms in total. The lowest BCUT2D eigenvalue weighted by Gasteiger charge is -2.35. The standard InChI is InChI=1S/C15H25NO3/c1-11-5-4-8-16(10-11)14(17)12-6-3-7-13(9-12)15(18)19-2/h11-13H,3-10H2,1-2H3. The van der Waals surface area contributed by atoms with Gasteiger partial charge in [0.05, 0.1) is 13.0 Å². The molecule has 0 aromatic rings. The van der Waals surface area contributed by atoms with Crippen molar-refractivity contribution in [2.24, 2.45) is 17.8 Å². The van der Waals surface area contributed by atoms with Gasteiger partial charge in [0, 0.05) is 19.0 Å². The number of carbonyl (C=O) groups excluding carboxylic acids is 2. The number of ether oxygens (including phenoxy) is 1. The van der Waals surface area contributed by atoms with E-state index in [0.717, 1.165) is 38.8 Å². The number of likely N-dealkylation sites (tertiary alicyclic amines) is 1. The number of hydrogen-bond donors (Lipinski definition) is 0. The maximum absolute atomic E-state index is 12.5. The Morgan fingerprint density at radius 2 is 1.84 bits per heavy atom. The average Bonchev–Trinajstić information content (AvgIpc) is 2.45. The van der Waals surface area contributed by atoms with E-state index in [1.807, 2.05) is 4.90 Å². The van der Waals surface area contributed by atoms with Gasteiger partial charge in [-0.1, -0.05) is 13.3 Å². The molecule has 2 fully saturated rings. The van der Waals surface area contributed by atoms with E-state index in [9.17, 15) is 9.59 Å². The van der Waals surface area contributed by atoms with Crippen LogP contribution in [-0.4, -0.2) is 37.0 Å². The first-order valence-corrected chi connectivity index (χ1v) is 7.48. The molecule has 1 heterocycles. The summed E-state index contributed by atoms with van der Waals surface area (Å²) in [6.45, 7) is 3.98. The summed E-state index contributed by atoms with van der Waals surface area (Å²) in [4.78, 5) is 26.2. The maximum Gasteiger partial charge on any atom is 0.308 e. The van der Waals surface area contributed by atoms with Crippen LogP contribution in [0.3, 0.4) is 0 Å². The smallest absolute Gasteiger partial charge is 0.308 e. The normalized spacial score (nSPS) is 31.9. The van der Waals surface area contributed by atoms with E-state index in [1.165, 1.54) is 13.5 Å². The van der Waals surface area contributed by atoms with Crippen molar-refractivity contribution in [3.63, 3.8) is 0 Å². The Balaban J connectivity index is 1.93. The summed E-state index contributed by atoms with van der Waals surface area (Å²) in [6.07, 6.45) is 5.76. The Bertz CT molecular complexity index is 342. The zero-order valence-corrected chi connectivity index (χ0v) is 12.1. The summed E-state index contributed by atoms with van der Waals surface area (Å²) < 4.78 is 4.82. The van der Waals surface area contributed by atoms with Gasteiger partial charge in [0.15, 0.2) is 0 Å². The van der Waals surface area contributed by atoms with Crippen LogP contribution in [0.5, 0.6) is 0 Å². The van der Waals surface area contributed by atoms with Crippen LogP contribution < -0.4 is 0 Å². The molecule has 3 atom stereocenters. The summed E-state index contributed by atoms with van der Waals surface area (Å²) >= 11 is 0. The quantitative estimate of drug-likeness (QED) is 0.721. The van der Waals surface area contributed by atoms with Gasteiger partial charge in [0.25, 0.3) is 0 Å². The molecule has 0 N–H and O–H groups in total. The molecule has 1 saturated carbocycles. The van der Waals surface area contributed by atoms with Gasteiger partial charge in [0.2, 0.25) is 5.91 Å². The van der Waals surface area contributed by atoms with E-state index in [2.05, 4.69) is 6.92 Å². The monoisotopic (exact) mass is 267 g/mol. The molecule has 2 rings (SSSR count). The second-order valence-corrected chi connectivity index (χ2v) is 6.12. The summed E-state index contributed by atoms with van der Waals surface area (Å²) in [5.41, 5.74) is 0. The highest BCUT2D eigenvalue weighted by molar-refractivity contribution is 5.80. The minimum atomic E-state index is -0.149. The lowest BCUT2D eigenvalue weighted by atomic mass is 9.80. The number of rotatable bonds is 2. The van der Waals surface area contributed by atoms with Crippen LogP contribution in [0.1, 0.15) is 45.4 Å². The zero-order chi connectivity index (χ0) is 13.8. The number of methoxy groups -OCH3 is 1. The number of esters is 1. The number of amides is 1. The van der Waals surface area contributed by atoms with Crippen molar-refractivity contribution in [2.75, 3.05) is 20.2 Å². The minimum Gasteiger partial charge on any atom is -0.469 e. The molecule has 1 saturated heterocycles. The molecule has 108 valence electrons. The van der Waals surface area contributed by atoms with E-state index in [1.54, 1.807) is 0 Å². The maximum atomic E-state index is 12.5. The van der Waals surface area contributed by atoms with Gasteiger partial charge in [-0.25, -0.2) is 0 Å². The number of nitrogens with zero attached hydrogens (tertiary/aromatic N) is 1. The molecule has 0 aromatic carbocycles. The van der Waals surface area contributed by atoms with Crippen molar-refractivity contribution in [1.82, 2.24) is 4.90 Å². The van der Waals surface area contributed by atoms with Crippen LogP contribution in [0, 0.1) is 17.8 Å². The van der Waals surface area contributed by atoms with Gasteiger partial charge >= 0.3 is 5.97 Å². The molecule has 0 bridgehead atoms. The van der Waals surface area contributed by atoms with Crippen molar-refractivity contribution in [1.29, 1.82) is 0 Å². The number of hydrogen-bond acceptors (Lipinski definition) is 3. The molecule has 4 heteroatoms. The first-order valence-electron chi connectivity index (χ1n) is 7.48. The second-order valence-electron chi connectivity index (χ2n) is 6.12. The average molecular weight is 267 g/mol. The zero-order valence-electron chi connectivity index (χ0n) is 12.1. The topological polar surface area (TPSA) is 46.6 Å². The van der Waals surface area contributed by atoms with E-state index in [0.29, 0.717) is 12.3 Å². The van der Waals surface area contributed by atoms with Crippen LogP contribution in [0.25, 0.3) is 0 Å². The fourth-order valence-corrected chi connectivity index (χ4v) is 3.44. The fraction of sp³-hybridized carbons (Fsp3) is 0.867. The van der Waals surface area contributed by atoms with Crippen LogP contribution in [0.15, 0.2) is 0 Å². The summed E-state index contributed by atoms with van der Waals surface area (Å²) in [5.74, 6) is 0.681. The SMILES string of the molecule is COC(=O)C1CCCC(C(=O)N2CCCC(C)C2)C1.